The third-order valence-corrected chi connectivity index (χ3v) is 7.85. The number of amides is 2. The first-order chi connectivity index (χ1) is 16.8. The quantitative estimate of drug-likeness (QED) is 0.509. The van der Waals surface area contributed by atoms with Gasteiger partial charge in [0.05, 0.1) is 5.02 Å². The van der Waals surface area contributed by atoms with Crippen molar-refractivity contribution in [2.75, 3.05) is 37.6 Å². The summed E-state index contributed by atoms with van der Waals surface area (Å²) in [6, 6.07) is 7.56. The molecular weight excluding hydrogens is 535 g/mol. The van der Waals surface area contributed by atoms with E-state index in [0.717, 1.165) is 73.4 Å². The third-order valence-electron chi connectivity index (χ3n) is 7.08. The highest BCUT2D eigenvalue weighted by atomic mass is 79.9. The fraction of sp³-hybridized carbons (Fsp3) is 0.520. The predicted octanol–water partition coefficient (Wildman–Crippen LogP) is 4.62. The van der Waals surface area contributed by atoms with Crippen molar-refractivity contribution in [3.05, 3.63) is 56.9 Å². The molecule has 35 heavy (non-hydrogen) atoms. The number of nitrogens with two attached hydrogens (primary N) is 1. The van der Waals surface area contributed by atoms with E-state index in [2.05, 4.69) is 47.9 Å². The summed E-state index contributed by atoms with van der Waals surface area (Å²) in [5.74, 6) is 0.645. The number of carbonyl (C=O) groups is 1. The second-order valence-electron chi connectivity index (χ2n) is 9.36. The number of likely N-dealkylation sites (tertiary alicyclic amines) is 1. The molecule has 1 atom stereocenters. The Kier molecular flexibility index (Phi) is 8.86. The zero-order valence-corrected chi connectivity index (χ0v) is 22.4. The lowest BCUT2D eigenvalue weighted by molar-refractivity contribution is 0.0607. The molecule has 2 amide bonds. The molecule has 10 heteroatoms. The van der Waals surface area contributed by atoms with Crippen molar-refractivity contribution >= 4 is 39.4 Å². The summed E-state index contributed by atoms with van der Waals surface area (Å²) < 4.78 is 15.0. The molecule has 3 N–H and O–H groups in total. The Morgan fingerprint density at radius 1 is 1.29 bits per heavy atom. The van der Waals surface area contributed by atoms with Crippen molar-refractivity contribution in [3.8, 4) is 0 Å². The van der Waals surface area contributed by atoms with E-state index in [-0.39, 0.29) is 7.24 Å². The molecule has 0 radical (unpaired) electrons. The van der Waals surface area contributed by atoms with Gasteiger partial charge in [-0.3, -0.25) is 9.80 Å². The van der Waals surface area contributed by atoms with E-state index < -0.39 is 6.03 Å². The van der Waals surface area contributed by atoms with Gasteiger partial charge in [0.25, 0.3) is 0 Å². The van der Waals surface area contributed by atoms with Gasteiger partial charge in [0.1, 0.15) is 11.6 Å². The number of hydrogen-bond acceptors (Lipinski definition) is 5. The predicted molar refractivity (Wildman–Crippen MR) is 143 cm³/mol. The van der Waals surface area contributed by atoms with Crippen molar-refractivity contribution in [2.45, 2.75) is 51.4 Å². The lowest BCUT2D eigenvalue weighted by atomic mass is 9.97. The summed E-state index contributed by atoms with van der Waals surface area (Å²) >= 11 is 9.89. The number of aromatic nitrogens is 1. The van der Waals surface area contributed by atoms with Crippen LogP contribution in [0.5, 0.6) is 0 Å². The maximum absolute atomic E-state index is 14.3. The molecule has 4 rings (SSSR count). The van der Waals surface area contributed by atoms with Crippen LogP contribution in [-0.2, 0) is 13.1 Å². The number of anilines is 1. The normalized spacial score (nSPS) is 20.2. The molecule has 2 aromatic rings. The van der Waals surface area contributed by atoms with E-state index in [1.54, 1.807) is 12.3 Å². The Labute approximate surface area is 221 Å². The van der Waals surface area contributed by atoms with Crippen LogP contribution in [0.1, 0.15) is 38.7 Å². The van der Waals surface area contributed by atoms with Crippen LogP contribution in [0.25, 0.3) is 0 Å². The second-order valence-corrected chi connectivity index (χ2v) is 10.7. The number of nitrogens with one attached hydrogen (secondary N) is 1. The van der Waals surface area contributed by atoms with Gasteiger partial charge in [-0.15, -0.1) is 0 Å². The van der Waals surface area contributed by atoms with Gasteiger partial charge < -0.3 is 16.0 Å². The van der Waals surface area contributed by atoms with E-state index in [1.807, 2.05) is 18.2 Å². The standard InChI is InChI=1S/C25H33BrClFN6O.H2/c1-2-20-16-33(24-22(27)11-17(13-30-24)14-31-25(29)35)9-10-34(20)21-5-7-32(8-6-21)15-18-3-4-19(26)12-23(18)28;/h3-4,11-13,20-21H,2,5-10,14-16H2,1H3,(H3,29,31,35);1H/t20-;/m0./s1. The van der Waals surface area contributed by atoms with Crippen LogP contribution < -0.4 is 16.0 Å². The molecule has 2 aliphatic heterocycles. The molecule has 1 aromatic carbocycles. The number of halogens is 3. The lowest BCUT2D eigenvalue weighted by Crippen LogP contribution is -2.58. The molecule has 192 valence electrons. The van der Waals surface area contributed by atoms with Crippen LogP contribution >= 0.6 is 27.5 Å². The number of primary amides is 1. The van der Waals surface area contributed by atoms with Crippen LogP contribution in [-0.4, -0.2) is 65.6 Å². The fourth-order valence-electron chi connectivity index (χ4n) is 5.19. The average Bonchev–Trinajstić information content (AvgIpc) is 2.84. The molecule has 2 fully saturated rings. The number of piperidine rings is 1. The number of hydrogen-bond donors (Lipinski definition) is 2. The highest BCUT2D eigenvalue weighted by molar-refractivity contribution is 9.10. The number of nitrogens with zero attached hydrogens (tertiary/aromatic N) is 4. The minimum atomic E-state index is -0.571. The van der Waals surface area contributed by atoms with Gasteiger partial charge >= 0.3 is 6.03 Å². The number of rotatable bonds is 7. The summed E-state index contributed by atoms with van der Waals surface area (Å²) in [6.07, 6.45) is 4.98. The van der Waals surface area contributed by atoms with Crippen molar-refractivity contribution in [3.63, 3.8) is 0 Å². The lowest BCUT2D eigenvalue weighted by Gasteiger charge is -2.47. The first-order valence-electron chi connectivity index (χ1n) is 12.2. The van der Waals surface area contributed by atoms with E-state index in [1.165, 1.54) is 0 Å². The number of urea groups is 1. The van der Waals surface area contributed by atoms with Crippen molar-refractivity contribution in [1.82, 2.24) is 20.1 Å². The topological polar surface area (TPSA) is 77.7 Å². The smallest absolute Gasteiger partial charge is 0.312 e. The van der Waals surface area contributed by atoms with Gasteiger partial charge in [-0.2, -0.15) is 0 Å². The molecule has 1 aromatic heterocycles. The Bertz CT molecular complexity index is 1040. The first kappa shape index (κ1) is 26.1. The molecular formula is C25H35BrClFN6O. The van der Waals surface area contributed by atoms with Crippen molar-refractivity contribution in [1.29, 1.82) is 0 Å². The highest BCUT2D eigenvalue weighted by Crippen LogP contribution is 2.30. The molecule has 2 saturated heterocycles. The van der Waals surface area contributed by atoms with Gasteiger partial charge in [0.2, 0.25) is 0 Å². The van der Waals surface area contributed by atoms with Gasteiger partial charge in [-0.05, 0) is 56.1 Å². The fourth-order valence-corrected chi connectivity index (χ4v) is 5.84. The zero-order chi connectivity index (χ0) is 24.9. The van der Waals surface area contributed by atoms with E-state index in [9.17, 15) is 9.18 Å². The Morgan fingerprint density at radius 2 is 2.06 bits per heavy atom. The van der Waals surface area contributed by atoms with Crippen LogP contribution in [0.4, 0.5) is 15.0 Å². The number of pyridine rings is 1. The molecule has 0 bridgehead atoms. The third kappa shape index (κ3) is 6.64. The van der Waals surface area contributed by atoms with Crippen molar-refractivity contribution in [2.24, 2.45) is 5.73 Å². The summed E-state index contributed by atoms with van der Waals surface area (Å²) in [5, 5.41) is 3.15. The van der Waals surface area contributed by atoms with E-state index in [0.29, 0.717) is 30.2 Å². The van der Waals surface area contributed by atoms with Gasteiger partial charge in [0, 0.05) is 62.5 Å². The molecule has 0 saturated carbocycles. The monoisotopic (exact) mass is 568 g/mol. The summed E-state index contributed by atoms with van der Waals surface area (Å²) in [7, 11) is 0. The highest BCUT2D eigenvalue weighted by Gasteiger charge is 2.34. The van der Waals surface area contributed by atoms with Gasteiger partial charge in [0.15, 0.2) is 0 Å². The Hall–Kier alpha value is -1.94. The number of piperazine rings is 1. The van der Waals surface area contributed by atoms with E-state index in [4.69, 9.17) is 17.3 Å². The minimum Gasteiger partial charge on any atom is -0.353 e. The largest absolute Gasteiger partial charge is 0.353 e. The Morgan fingerprint density at radius 3 is 2.71 bits per heavy atom. The molecule has 7 nitrogen and oxygen atoms in total. The maximum atomic E-state index is 14.3. The molecule has 0 unspecified atom stereocenters. The molecule has 3 heterocycles. The van der Waals surface area contributed by atoms with Crippen LogP contribution in [0.3, 0.4) is 0 Å². The van der Waals surface area contributed by atoms with Crippen LogP contribution in [0.2, 0.25) is 5.02 Å². The summed E-state index contributed by atoms with van der Waals surface area (Å²) in [4.78, 5) is 22.8. The van der Waals surface area contributed by atoms with Crippen molar-refractivity contribution < 1.29 is 10.6 Å². The minimum absolute atomic E-state index is 0. The maximum Gasteiger partial charge on any atom is 0.312 e. The zero-order valence-electron chi connectivity index (χ0n) is 20.0. The number of carbonyl (C=O) groups excluding carboxylic acids is 1. The second kappa shape index (κ2) is 11.9. The van der Waals surface area contributed by atoms with Crippen LogP contribution in [0.15, 0.2) is 34.9 Å². The summed E-state index contributed by atoms with van der Waals surface area (Å²) in [5.41, 5.74) is 6.72. The number of benzene rings is 1. The van der Waals surface area contributed by atoms with Gasteiger partial charge in [-0.25, -0.2) is 14.2 Å². The molecule has 2 aliphatic rings. The van der Waals surface area contributed by atoms with Crippen LogP contribution in [0, 0.1) is 5.82 Å². The molecule has 0 spiro atoms. The SMILES string of the molecule is CC[C@H]1CN(c2ncc(CNC(N)=O)cc2Cl)CCN1C1CCN(Cc2ccc(Br)cc2F)CC1.[HH]. The molecule has 0 aliphatic carbocycles. The average molecular weight is 570 g/mol. The summed E-state index contributed by atoms with van der Waals surface area (Å²) in [6.45, 7) is 7.87. The first-order valence-corrected chi connectivity index (χ1v) is 13.4. The Balaban J connectivity index is 0.00000361. The van der Waals surface area contributed by atoms with E-state index >= 15 is 0 Å². The van der Waals surface area contributed by atoms with Gasteiger partial charge in [-0.1, -0.05) is 40.5 Å².